The smallest absolute Gasteiger partial charge is 0.236 e. The highest BCUT2D eigenvalue weighted by molar-refractivity contribution is 7.17. The second-order valence-electron chi connectivity index (χ2n) is 0.332. The summed E-state index contributed by atoms with van der Waals surface area (Å²) in [5.41, 5.74) is 0. The van der Waals surface area contributed by atoms with Gasteiger partial charge in [0.1, 0.15) is 6.11 Å². The lowest BCUT2D eigenvalue weighted by Gasteiger charge is -1.67. The molecule has 0 bridgehead atoms. The van der Waals surface area contributed by atoms with Crippen molar-refractivity contribution < 1.29 is 9.09 Å². The predicted octanol–water partition coefficient (Wildman–Crippen LogP) is 0.265. The Balaban J connectivity index is 2.75. The van der Waals surface area contributed by atoms with Crippen molar-refractivity contribution in [2.45, 2.75) is 0 Å². The lowest BCUT2D eigenvalue weighted by atomic mass is 11.3. The van der Waals surface area contributed by atoms with Gasteiger partial charge in [-0.1, -0.05) is 6.42 Å². The lowest BCUT2D eigenvalue weighted by Crippen LogP contribution is -1.43. The van der Waals surface area contributed by atoms with Gasteiger partial charge in [0.05, 0.1) is 0 Å². The number of hydrogen-bond donors (Lipinski definition) is 0. The van der Waals surface area contributed by atoms with Crippen LogP contribution in [0.15, 0.2) is 0 Å². The Morgan fingerprint density at radius 1 is 2.00 bits per heavy atom. The molecule has 0 aliphatic rings. The molecule has 0 aliphatic carbocycles. The molecule has 0 fully saturated rings. The average molecular weight is 90.0 g/mol. The van der Waals surface area contributed by atoms with E-state index < -0.39 is 8.69 Å². The van der Waals surface area contributed by atoms with Crippen molar-refractivity contribution in [2.24, 2.45) is 0 Å². The van der Waals surface area contributed by atoms with Crippen molar-refractivity contribution >= 4 is 8.69 Å². The third-order valence-corrected chi connectivity index (χ3v) is 0.348. The fourth-order valence-electron chi connectivity index (χ4n) is 0.0278. The van der Waals surface area contributed by atoms with E-state index in [2.05, 4.69) is 10.9 Å². The van der Waals surface area contributed by atoms with Gasteiger partial charge < -0.3 is 4.52 Å². The van der Waals surface area contributed by atoms with Crippen LogP contribution in [0.2, 0.25) is 0 Å². The van der Waals surface area contributed by atoms with E-state index in [1.54, 1.807) is 6.11 Å². The van der Waals surface area contributed by atoms with E-state index in [-0.39, 0.29) is 0 Å². The predicted molar refractivity (Wildman–Crippen MR) is 20.3 cm³/mol. The Labute approximate surface area is 31.4 Å². The summed E-state index contributed by atoms with van der Waals surface area (Å²) in [7, 11) is -1.20. The van der Waals surface area contributed by atoms with Crippen molar-refractivity contribution in [3.8, 4) is 12.5 Å². The summed E-state index contributed by atoms with van der Waals surface area (Å²) in [6.45, 7) is 0. The van der Waals surface area contributed by atoms with Crippen LogP contribution in [0.4, 0.5) is 0 Å². The summed E-state index contributed by atoms with van der Waals surface area (Å²) in [5, 5.41) is 0. The van der Waals surface area contributed by atoms with Crippen molar-refractivity contribution in [3.63, 3.8) is 0 Å². The van der Waals surface area contributed by atoms with E-state index in [0.717, 1.165) is 0 Å². The zero-order valence-corrected chi connectivity index (χ0v) is 3.63. The van der Waals surface area contributed by atoms with Crippen LogP contribution >= 0.6 is 8.69 Å². The highest BCUT2D eigenvalue weighted by Gasteiger charge is 1.49. The molecule has 0 rings (SSSR count). The summed E-state index contributed by atoms with van der Waals surface area (Å²) in [6.07, 6.45) is 6.23. The lowest BCUT2D eigenvalue weighted by molar-refractivity contribution is 0.507. The molecule has 2 nitrogen and oxygen atoms in total. The molecule has 0 saturated heterocycles. The molecule has 0 heterocycles. The fraction of sp³-hybridized carbons (Fsp3) is 0. The largest absolute Gasteiger partial charge is 0.396 e. The van der Waals surface area contributed by atoms with Crippen LogP contribution in [-0.2, 0) is 9.09 Å². The van der Waals surface area contributed by atoms with Gasteiger partial charge in [0.25, 0.3) is 0 Å². The maximum atomic E-state index is 9.25. The Kier molecular flexibility index (Phi) is 3.30. The average Bonchev–Trinajstić information content (AvgIpc) is 1.41. The first-order valence-electron chi connectivity index (χ1n) is 0.964. The number of terminal acetylenes is 1. The van der Waals surface area contributed by atoms with Gasteiger partial charge in [0, 0.05) is 0 Å². The zero-order chi connectivity index (χ0) is 4.12. The van der Waals surface area contributed by atoms with E-state index in [1.807, 2.05) is 0 Å². The molecular formula is C2H3O2P. The van der Waals surface area contributed by atoms with Crippen molar-refractivity contribution in [3.05, 3.63) is 0 Å². The van der Waals surface area contributed by atoms with Crippen LogP contribution < -0.4 is 0 Å². The first-order chi connectivity index (χ1) is 2.41. The van der Waals surface area contributed by atoms with E-state index in [0.29, 0.717) is 0 Å². The Morgan fingerprint density at radius 3 is 2.60 bits per heavy atom. The van der Waals surface area contributed by atoms with E-state index in [9.17, 15) is 4.57 Å². The summed E-state index contributed by atoms with van der Waals surface area (Å²) in [4.78, 5) is 0. The molecular weight excluding hydrogens is 87.0 g/mol. The van der Waals surface area contributed by atoms with Crippen molar-refractivity contribution in [1.29, 1.82) is 0 Å². The number of hydrogen-bond acceptors (Lipinski definition) is 2. The highest BCUT2D eigenvalue weighted by atomic mass is 31.1. The molecule has 0 aromatic rings. The molecule has 0 spiro atoms. The van der Waals surface area contributed by atoms with Gasteiger partial charge in [0.15, 0.2) is 0 Å². The van der Waals surface area contributed by atoms with Gasteiger partial charge in [-0.05, 0) is 0 Å². The van der Waals surface area contributed by atoms with E-state index >= 15 is 0 Å². The standard InChI is InChI=1S/C2H3O2P/c1-2-4-5-3/h1H,5H2. The molecule has 0 aromatic carbocycles. The summed E-state index contributed by atoms with van der Waals surface area (Å²) in [6, 6.07) is 0. The van der Waals surface area contributed by atoms with E-state index in [4.69, 9.17) is 0 Å². The van der Waals surface area contributed by atoms with Crippen LogP contribution in [0.25, 0.3) is 0 Å². The third-order valence-electron chi connectivity index (χ3n) is 0.116. The Hall–Kier alpha value is -0.410. The second kappa shape index (κ2) is 3.59. The molecule has 3 heteroatoms. The maximum absolute atomic E-state index is 9.25. The van der Waals surface area contributed by atoms with Gasteiger partial charge in [-0.3, -0.25) is 4.57 Å². The fourth-order valence-corrected chi connectivity index (χ4v) is 0.0833. The molecule has 1 unspecified atom stereocenters. The molecule has 0 N–H and O–H groups in total. The summed E-state index contributed by atoms with van der Waals surface area (Å²) < 4.78 is 13.1. The van der Waals surface area contributed by atoms with Gasteiger partial charge >= 0.3 is 0 Å². The summed E-state index contributed by atoms with van der Waals surface area (Å²) in [5.74, 6) is 0. The molecule has 0 aliphatic heterocycles. The second-order valence-corrected chi connectivity index (χ2v) is 0.760. The Morgan fingerprint density at radius 2 is 2.60 bits per heavy atom. The molecule has 0 radical (unpaired) electrons. The minimum absolute atomic E-state index is 1.20. The first-order valence-corrected chi connectivity index (χ1v) is 1.91. The van der Waals surface area contributed by atoms with E-state index in [1.165, 1.54) is 0 Å². The third kappa shape index (κ3) is 3.59. The zero-order valence-electron chi connectivity index (χ0n) is 2.47. The molecule has 28 valence electrons. The van der Waals surface area contributed by atoms with Crippen LogP contribution in [0.3, 0.4) is 0 Å². The molecule has 5 heavy (non-hydrogen) atoms. The normalized spacial score (nSPS) is 7.80. The van der Waals surface area contributed by atoms with Gasteiger partial charge in [0.2, 0.25) is 8.69 Å². The van der Waals surface area contributed by atoms with Crippen LogP contribution in [0.1, 0.15) is 0 Å². The van der Waals surface area contributed by atoms with Crippen LogP contribution in [0.5, 0.6) is 0 Å². The monoisotopic (exact) mass is 90.0 g/mol. The summed E-state index contributed by atoms with van der Waals surface area (Å²) >= 11 is 0. The molecule has 1 atom stereocenters. The van der Waals surface area contributed by atoms with Gasteiger partial charge in [-0.15, -0.1) is 0 Å². The quantitative estimate of drug-likeness (QED) is 0.341. The maximum Gasteiger partial charge on any atom is 0.236 e. The molecule has 0 saturated carbocycles. The van der Waals surface area contributed by atoms with Crippen molar-refractivity contribution in [1.82, 2.24) is 0 Å². The topological polar surface area (TPSA) is 26.3 Å². The SMILES string of the molecule is C#CO[PH2]=O. The van der Waals surface area contributed by atoms with Gasteiger partial charge in [-0.25, -0.2) is 0 Å². The Bertz CT molecular complexity index is 62.5. The number of rotatable bonds is 1. The minimum Gasteiger partial charge on any atom is -0.396 e. The molecule has 0 aromatic heterocycles. The van der Waals surface area contributed by atoms with Crippen LogP contribution in [-0.4, -0.2) is 0 Å². The van der Waals surface area contributed by atoms with Crippen LogP contribution in [0, 0.1) is 12.5 Å². The first kappa shape index (κ1) is 4.59. The van der Waals surface area contributed by atoms with Gasteiger partial charge in [-0.2, -0.15) is 0 Å². The highest BCUT2D eigenvalue weighted by Crippen LogP contribution is 1.86. The molecule has 0 amide bonds. The van der Waals surface area contributed by atoms with Crippen molar-refractivity contribution in [2.75, 3.05) is 0 Å². The minimum atomic E-state index is -1.20.